The normalized spacial score (nSPS) is 10.1. The van der Waals surface area contributed by atoms with Gasteiger partial charge in [0.05, 0.1) is 17.8 Å². The van der Waals surface area contributed by atoms with E-state index in [1.807, 2.05) is 18.5 Å². The molecule has 0 aromatic carbocycles. The summed E-state index contributed by atoms with van der Waals surface area (Å²) in [6.45, 7) is 2.49. The number of nitriles is 1. The molecule has 0 amide bonds. The van der Waals surface area contributed by atoms with Gasteiger partial charge in [0.15, 0.2) is 11.4 Å². The number of hydrogen-bond acceptors (Lipinski definition) is 5. The van der Waals surface area contributed by atoms with E-state index in [-0.39, 0.29) is 0 Å². The van der Waals surface area contributed by atoms with Crippen LogP contribution in [0.2, 0.25) is 0 Å². The monoisotopic (exact) mass is 323 g/mol. The van der Waals surface area contributed by atoms with Gasteiger partial charge in [-0.3, -0.25) is 0 Å². The molecule has 0 atom stereocenters. The third kappa shape index (κ3) is 3.06. The van der Waals surface area contributed by atoms with Gasteiger partial charge in [0.2, 0.25) is 0 Å². The van der Waals surface area contributed by atoms with Crippen molar-refractivity contribution in [3.8, 4) is 11.8 Å². The van der Waals surface area contributed by atoms with Crippen molar-refractivity contribution in [2.24, 2.45) is 0 Å². The van der Waals surface area contributed by atoms with Crippen LogP contribution in [0.5, 0.6) is 5.75 Å². The maximum Gasteiger partial charge on any atom is 0.182 e. The van der Waals surface area contributed by atoms with Gasteiger partial charge in [-0.05, 0) is 28.9 Å². The second-order valence-corrected chi connectivity index (χ2v) is 5.43. The van der Waals surface area contributed by atoms with Crippen molar-refractivity contribution >= 4 is 27.3 Å². The first-order valence-corrected chi connectivity index (χ1v) is 6.95. The van der Waals surface area contributed by atoms with Crippen LogP contribution in [-0.2, 0) is 6.42 Å². The minimum Gasteiger partial charge on any atom is -0.490 e. The summed E-state index contributed by atoms with van der Waals surface area (Å²) in [6.07, 6.45) is 2.37. The Morgan fingerprint density at radius 3 is 3.00 bits per heavy atom. The molecule has 0 radical (unpaired) electrons. The number of rotatable bonds is 4. The Hall–Kier alpha value is -1.45. The van der Waals surface area contributed by atoms with Crippen molar-refractivity contribution in [3.63, 3.8) is 0 Å². The average Bonchev–Trinajstić information content (AvgIpc) is 2.76. The number of hydrogen-bond donors (Lipinski definition) is 0. The topological polar surface area (TPSA) is 58.8 Å². The minimum absolute atomic E-state index is 0.305. The molecule has 2 rings (SSSR count). The van der Waals surface area contributed by atoms with Gasteiger partial charge in [-0.15, -0.1) is 11.3 Å². The molecular formula is C12H10BrN3OS. The lowest BCUT2D eigenvalue weighted by Gasteiger charge is -2.07. The molecule has 2 heterocycles. The smallest absolute Gasteiger partial charge is 0.182 e. The zero-order chi connectivity index (χ0) is 13.0. The second-order valence-electron chi connectivity index (χ2n) is 3.57. The van der Waals surface area contributed by atoms with Gasteiger partial charge in [-0.25, -0.2) is 9.97 Å². The van der Waals surface area contributed by atoms with Gasteiger partial charge in [-0.1, -0.05) is 0 Å². The van der Waals surface area contributed by atoms with Gasteiger partial charge in [0.1, 0.15) is 6.07 Å². The Labute approximate surface area is 117 Å². The Kier molecular flexibility index (Phi) is 4.28. The number of halogens is 1. The summed E-state index contributed by atoms with van der Waals surface area (Å²) < 4.78 is 6.40. The molecule has 0 spiro atoms. The molecule has 0 aliphatic heterocycles. The molecule has 0 fully saturated rings. The van der Waals surface area contributed by atoms with Gasteiger partial charge in [0.25, 0.3) is 0 Å². The van der Waals surface area contributed by atoms with E-state index >= 15 is 0 Å². The van der Waals surface area contributed by atoms with E-state index in [2.05, 4.69) is 25.9 Å². The summed E-state index contributed by atoms with van der Waals surface area (Å²) in [7, 11) is 0. The van der Waals surface area contributed by atoms with E-state index in [1.165, 1.54) is 4.88 Å². The van der Waals surface area contributed by atoms with Crippen molar-refractivity contribution in [2.75, 3.05) is 6.61 Å². The fourth-order valence-electron chi connectivity index (χ4n) is 1.43. The molecule has 0 unspecified atom stereocenters. The molecule has 0 saturated heterocycles. The number of ether oxygens (including phenoxy) is 1. The molecule has 0 N–H and O–H groups in total. The molecule has 0 bridgehead atoms. The van der Waals surface area contributed by atoms with E-state index in [1.54, 1.807) is 23.6 Å². The van der Waals surface area contributed by atoms with Crippen molar-refractivity contribution in [3.05, 3.63) is 38.5 Å². The highest BCUT2D eigenvalue weighted by Crippen LogP contribution is 2.21. The fraction of sp³-hybridized carbons (Fsp3) is 0.250. The molecule has 6 heteroatoms. The Morgan fingerprint density at radius 2 is 2.33 bits per heavy atom. The summed E-state index contributed by atoms with van der Waals surface area (Å²) in [5.74, 6) is 0.508. The third-order valence-electron chi connectivity index (χ3n) is 2.36. The van der Waals surface area contributed by atoms with Crippen LogP contribution in [0.15, 0.2) is 22.2 Å². The Balaban J connectivity index is 2.00. The van der Waals surface area contributed by atoms with Crippen molar-refractivity contribution in [2.45, 2.75) is 13.3 Å². The maximum absolute atomic E-state index is 8.92. The molecule has 0 saturated carbocycles. The lowest BCUT2D eigenvalue weighted by Crippen LogP contribution is -2.03. The summed E-state index contributed by atoms with van der Waals surface area (Å²) in [5.41, 5.74) is 3.17. The van der Waals surface area contributed by atoms with Crippen LogP contribution >= 0.6 is 27.3 Å². The number of aryl methyl sites for hydroxylation is 1. The number of nitrogens with zero attached hydrogens (tertiary/aromatic N) is 3. The van der Waals surface area contributed by atoms with Crippen LogP contribution in [0.4, 0.5) is 0 Å². The van der Waals surface area contributed by atoms with Gasteiger partial charge in [0, 0.05) is 22.0 Å². The zero-order valence-corrected chi connectivity index (χ0v) is 12.1. The van der Waals surface area contributed by atoms with Crippen molar-refractivity contribution < 1.29 is 4.74 Å². The highest BCUT2D eigenvalue weighted by atomic mass is 79.9. The van der Waals surface area contributed by atoms with Crippen LogP contribution in [-0.4, -0.2) is 16.6 Å². The summed E-state index contributed by atoms with van der Waals surface area (Å²) >= 11 is 4.92. The largest absolute Gasteiger partial charge is 0.490 e. The minimum atomic E-state index is 0.305. The van der Waals surface area contributed by atoms with E-state index in [4.69, 9.17) is 10.00 Å². The Bertz CT molecular complexity index is 591. The molecule has 4 nitrogen and oxygen atoms in total. The lowest BCUT2D eigenvalue weighted by molar-refractivity contribution is 0.320. The summed E-state index contributed by atoms with van der Waals surface area (Å²) in [5, 5.41) is 8.92. The van der Waals surface area contributed by atoms with E-state index in [9.17, 15) is 0 Å². The number of pyridine rings is 1. The SMILES string of the molecule is Cc1ncsc1CCOc1cc(Br)cnc1C#N. The molecule has 2 aromatic heterocycles. The molecule has 0 aliphatic rings. The van der Waals surface area contributed by atoms with Gasteiger partial charge >= 0.3 is 0 Å². The predicted molar refractivity (Wildman–Crippen MR) is 72.7 cm³/mol. The first-order valence-electron chi connectivity index (χ1n) is 5.28. The van der Waals surface area contributed by atoms with Crippen LogP contribution in [0.1, 0.15) is 16.3 Å². The first-order chi connectivity index (χ1) is 8.70. The van der Waals surface area contributed by atoms with Gasteiger partial charge in [-0.2, -0.15) is 5.26 Å². The standard InChI is InChI=1S/C12H10BrN3OS/c1-8-12(18-7-16-8)2-3-17-11-4-9(13)6-15-10(11)5-14/h4,6-7H,2-3H2,1H3. The van der Waals surface area contributed by atoms with Gasteiger partial charge < -0.3 is 4.74 Å². The molecule has 0 aliphatic carbocycles. The molecule has 18 heavy (non-hydrogen) atoms. The maximum atomic E-state index is 8.92. The molecular weight excluding hydrogens is 314 g/mol. The van der Waals surface area contributed by atoms with Crippen molar-refractivity contribution in [1.29, 1.82) is 5.26 Å². The van der Waals surface area contributed by atoms with Crippen molar-refractivity contribution in [1.82, 2.24) is 9.97 Å². The fourth-order valence-corrected chi connectivity index (χ4v) is 2.51. The second kappa shape index (κ2) is 5.94. The highest BCUT2D eigenvalue weighted by Gasteiger charge is 2.07. The average molecular weight is 324 g/mol. The summed E-state index contributed by atoms with van der Waals surface area (Å²) in [4.78, 5) is 9.37. The summed E-state index contributed by atoms with van der Waals surface area (Å²) in [6, 6.07) is 3.77. The van der Waals surface area contributed by atoms with Crippen LogP contribution < -0.4 is 4.74 Å². The van der Waals surface area contributed by atoms with Crippen LogP contribution in [0.25, 0.3) is 0 Å². The Morgan fingerprint density at radius 1 is 1.50 bits per heavy atom. The highest BCUT2D eigenvalue weighted by molar-refractivity contribution is 9.10. The third-order valence-corrected chi connectivity index (χ3v) is 3.79. The predicted octanol–water partition coefficient (Wildman–Crippen LogP) is 3.10. The van der Waals surface area contributed by atoms with Crippen LogP contribution in [0, 0.1) is 18.3 Å². The lowest BCUT2D eigenvalue weighted by atomic mass is 10.3. The molecule has 92 valence electrons. The van der Waals surface area contributed by atoms with E-state index in [0.29, 0.717) is 18.1 Å². The number of aromatic nitrogens is 2. The van der Waals surface area contributed by atoms with E-state index in [0.717, 1.165) is 16.6 Å². The molecule has 2 aromatic rings. The number of thiazole rings is 1. The zero-order valence-electron chi connectivity index (χ0n) is 9.68. The first kappa shape index (κ1) is 13.0. The van der Waals surface area contributed by atoms with Crippen LogP contribution in [0.3, 0.4) is 0 Å². The van der Waals surface area contributed by atoms with E-state index < -0.39 is 0 Å². The quantitative estimate of drug-likeness (QED) is 0.867.